The van der Waals surface area contributed by atoms with Crippen LogP contribution in [0.1, 0.15) is 29.3 Å². The van der Waals surface area contributed by atoms with Crippen LogP contribution in [0.3, 0.4) is 0 Å². The van der Waals surface area contributed by atoms with Gasteiger partial charge in [-0.2, -0.15) is 0 Å². The van der Waals surface area contributed by atoms with Crippen LogP contribution >= 0.6 is 23.1 Å². The van der Waals surface area contributed by atoms with E-state index in [0.717, 1.165) is 21.3 Å². The molecule has 9 heteroatoms. The average Bonchev–Trinajstić information content (AvgIpc) is 3.41. The lowest BCUT2D eigenvalue weighted by Crippen LogP contribution is -2.24. The van der Waals surface area contributed by atoms with E-state index in [9.17, 15) is 9.59 Å². The monoisotopic (exact) mass is 468 g/mol. The smallest absolute Gasteiger partial charge is 0.227 e. The van der Waals surface area contributed by atoms with Crippen molar-refractivity contribution in [2.24, 2.45) is 0 Å². The minimum Gasteiger partial charge on any atom is -0.497 e. The number of methoxy groups -OCH3 is 1. The summed E-state index contributed by atoms with van der Waals surface area (Å²) < 4.78 is 5.18. The van der Waals surface area contributed by atoms with Crippen LogP contribution in [0.4, 0.5) is 10.8 Å². The summed E-state index contributed by atoms with van der Waals surface area (Å²) in [6.07, 6.45) is 0.766. The summed E-state index contributed by atoms with van der Waals surface area (Å²) in [5.74, 6) is 1.36. The van der Waals surface area contributed by atoms with Gasteiger partial charge < -0.3 is 15.0 Å². The number of nitrogens with zero attached hydrogens (tertiary/aromatic N) is 3. The first-order valence-corrected chi connectivity index (χ1v) is 12.1. The second kappa shape index (κ2) is 10.1. The molecule has 2 amide bonds. The Labute approximate surface area is 195 Å². The number of nitrogens with one attached hydrogen (secondary N) is 1. The van der Waals surface area contributed by atoms with Gasteiger partial charge in [0.15, 0.2) is 0 Å². The molecule has 1 saturated heterocycles. The van der Waals surface area contributed by atoms with Crippen molar-refractivity contribution in [3.8, 4) is 5.75 Å². The highest BCUT2D eigenvalue weighted by Crippen LogP contribution is 2.34. The van der Waals surface area contributed by atoms with E-state index in [1.165, 1.54) is 16.9 Å². The molecule has 1 unspecified atom stereocenters. The molecule has 0 spiro atoms. The molecule has 4 rings (SSSR count). The Hall–Kier alpha value is -2.91. The third-order valence-corrected chi connectivity index (χ3v) is 7.18. The Kier molecular flexibility index (Phi) is 7.06. The van der Waals surface area contributed by atoms with Gasteiger partial charge in [0.1, 0.15) is 10.8 Å². The fourth-order valence-corrected chi connectivity index (χ4v) is 5.12. The maximum absolute atomic E-state index is 12.5. The van der Waals surface area contributed by atoms with Gasteiger partial charge in [-0.15, -0.1) is 22.0 Å². The second-order valence-electron chi connectivity index (χ2n) is 7.51. The standard InChI is InChI=1S/C23H24N4O3S2/c1-15-3-9-19(10-4-15)31-12-11-20(28)24-23-26-25-22(32-23)16-13-21(29)27(14-16)17-5-7-18(30-2)8-6-17/h3-10,16H,11-14H2,1-2H3,(H,24,26,28). The van der Waals surface area contributed by atoms with Crippen LogP contribution in [0.5, 0.6) is 5.75 Å². The number of aryl methyl sites for hydroxylation is 1. The first kappa shape index (κ1) is 22.3. The Morgan fingerprint density at radius 3 is 2.66 bits per heavy atom. The molecular weight excluding hydrogens is 444 g/mol. The predicted molar refractivity (Wildman–Crippen MR) is 128 cm³/mol. The first-order chi connectivity index (χ1) is 15.5. The summed E-state index contributed by atoms with van der Waals surface area (Å²) >= 11 is 2.99. The molecule has 3 aromatic rings. The number of carbonyl (C=O) groups excluding carboxylic acids is 2. The van der Waals surface area contributed by atoms with Gasteiger partial charge in [-0.3, -0.25) is 9.59 Å². The van der Waals surface area contributed by atoms with Crippen molar-refractivity contribution in [3.05, 3.63) is 59.1 Å². The molecule has 1 aliphatic heterocycles. The van der Waals surface area contributed by atoms with Crippen LogP contribution in [0.25, 0.3) is 0 Å². The molecule has 166 valence electrons. The van der Waals surface area contributed by atoms with Crippen LogP contribution < -0.4 is 15.0 Å². The molecule has 1 N–H and O–H groups in total. The van der Waals surface area contributed by atoms with Gasteiger partial charge in [-0.1, -0.05) is 29.0 Å². The van der Waals surface area contributed by atoms with Crippen molar-refractivity contribution in [1.29, 1.82) is 0 Å². The van der Waals surface area contributed by atoms with E-state index in [1.54, 1.807) is 23.8 Å². The maximum Gasteiger partial charge on any atom is 0.227 e. The average molecular weight is 469 g/mol. The summed E-state index contributed by atoms with van der Waals surface area (Å²) in [7, 11) is 1.61. The summed E-state index contributed by atoms with van der Waals surface area (Å²) in [6, 6.07) is 15.7. The number of carbonyl (C=O) groups is 2. The second-order valence-corrected chi connectivity index (χ2v) is 9.69. The highest BCUT2D eigenvalue weighted by Gasteiger charge is 2.34. The number of thioether (sulfide) groups is 1. The molecule has 0 saturated carbocycles. The van der Waals surface area contributed by atoms with Crippen LogP contribution in [-0.4, -0.2) is 41.4 Å². The lowest BCUT2D eigenvalue weighted by molar-refractivity contribution is -0.117. The Morgan fingerprint density at radius 1 is 1.19 bits per heavy atom. The predicted octanol–water partition coefficient (Wildman–Crippen LogP) is 4.50. The highest BCUT2D eigenvalue weighted by molar-refractivity contribution is 7.99. The molecule has 2 heterocycles. The molecule has 0 bridgehead atoms. The summed E-state index contributed by atoms with van der Waals surface area (Å²) in [5, 5.41) is 12.4. The van der Waals surface area contributed by atoms with E-state index in [4.69, 9.17) is 4.74 Å². The van der Waals surface area contributed by atoms with Crippen molar-refractivity contribution in [1.82, 2.24) is 10.2 Å². The van der Waals surface area contributed by atoms with E-state index in [1.807, 2.05) is 24.3 Å². The van der Waals surface area contributed by atoms with E-state index in [0.29, 0.717) is 30.3 Å². The van der Waals surface area contributed by atoms with Gasteiger partial charge in [0.05, 0.1) is 7.11 Å². The number of ether oxygens (including phenoxy) is 1. The fraction of sp³-hybridized carbons (Fsp3) is 0.304. The lowest BCUT2D eigenvalue weighted by atomic mass is 10.1. The van der Waals surface area contributed by atoms with Gasteiger partial charge in [0.25, 0.3) is 0 Å². The van der Waals surface area contributed by atoms with E-state index in [-0.39, 0.29) is 17.7 Å². The van der Waals surface area contributed by atoms with Crippen LogP contribution in [-0.2, 0) is 9.59 Å². The molecule has 2 aromatic carbocycles. The number of benzene rings is 2. The van der Waals surface area contributed by atoms with Gasteiger partial charge in [0, 0.05) is 41.6 Å². The Bertz CT molecular complexity index is 1080. The van der Waals surface area contributed by atoms with Gasteiger partial charge in [-0.25, -0.2) is 0 Å². The van der Waals surface area contributed by atoms with Crippen molar-refractivity contribution >= 4 is 45.7 Å². The molecule has 0 aliphatic carbocycles. The first-order valence-electron chi connectivity index (χ1n) is 10.3. The minimum atomic E-state index is -0.0883. The van der Waals surface area contributed by atoms with E-state index < -0.39 is 0 Å². The van der Waals surface area contributed by atoms with Crippen molar-refractivity contribution in [3.63, 3.8) is 0 Å². The number of aromatic nitrogens is 2. The number of anilines is 2. The Balaban J connectivity index is 1.28. The fourth-order valence-electron chi connectivity index (χ4n) is 3.41. The lowest BCUT2D eigenvalue weighted by Gasteiger charge is -2.16. The summed E-state index contributed by atoms with van der Waals surface area (Å²) in [5.41, 5.74) is 2.05. The normalized spacial score (nSPS) is 15.8. The zero-order valence-corrected chi connectivity index (χ0v) is 19.5. The minimum absolute atomic E-state index is 0.0372. The molecule has 1 fully saturated rings. The summed E-state index contributed by atoms with van der Waals surface area (Å²) in [6.45, 7) is 2.59. The Morgan fingerprint density at radius 2 is 1.94 bits per heavy atom. The molecule has 1 aromatic heterocycles. The van der Waals surface area contributed by atoms with Gasteiger partial charge in [0.2, 0.25) is 16.9 Å². The third-order valence-electron chi connectivity index (χ3n) is 5.16. The van der Waals surface area contributed by atoms with Crippen LogP contribution in [0.2, 0.25) is 0 Å². The number of hydrogen-bond donors (Lipinski definition) is 1. The topological polar surface area (TPSA) is 84.4 Å². The quantitative estimate of drug-likeness (QED) is 0.490. The molecule has 0 radical (unpaired) electrons. The van der Waals surface area contributed by atoms with Gasteiger partial charge >= 0.3 is 0 Å². The van der Waals surface area contributed by atoms with Crippen molar-refractivity contribution < 1.29 is 14.3 Å². The number of hydrogen-bond acceptors (Lipinski definition) is 7. The molecule has 1 aliphatic rings. The van der Waals surface area contributed by atoms with E-state index in [2.05, 4.69) is 46.7 Å². The van der Waals surface area contributed by atoms with Crippen LogP contribution in [0, 0.1) is 6.92 Å². The SMILES string of the molecule is COc1ccc(N2CC(c3nnc(NC(=O)CCSc4ccc(C)cc4)s3)CC2=O)cc1. The van der Waals surface area contributed by atoms with Gasteiger partial charge in [-0.05, 0) is 43.3 Å². The zero-order valence-electron chi connectivity index (χ0n) is 17.9. The maximum atomic E-state index is 12.5. The molecule has 32 heavy (non-hydrogen) atoms. The highest BCUT2D eigenvalue weighted by atomic mass is 32.2. The third kappa shape index (κ3) is 5.46. The van der Waals surface area contributed by atoms with Crippen molar-refractivity contribution in [2.45, 2.75) is 30.6 Å². The zero-order chi connectivity index (χ0) is 22.5. The van der Waals surface area contributed by atoms with Crippen LogP contribution in [0.15, 0.2) is 53.4 Å². The van der Waals surface area contributed by atoms with E-state index >= 15 is 0 Å². The van der Waals surface area contributed by atoms with Crippen molar-refractivity contribution in [2.75, 3.05) is 29.6 Å². The number of rotatable bonds is 8. The summed E-state index contributed by atoms with van der Waals surface area (Å²) in [4.78, 5) is 27.7. The molecule has 1 atom stereocenters. The number of amides is 2. The largest absolute Gasteiger partial charge is 0.497 e. The molecule has 7 nitrogen and oxygen atoms in total. The molecular formula is C23H24N4O3S2.